The molecule has 0 aliphatic carbocycles. The molecule has 2 aromatic heterocycles. The number of hydrogen-bond donors (Lipinski definition) is 1. The molecule has 1 amide bonds. The number of aryl methyl sites for hydroxylation is 2. The maximum absolute atomic E-state index is 13.2. The second-order valence-corrected chi connectivity index (χ2v) is 9.94. The zero-order valence-corrected chi connectivity index (χ0v) is 20.0. The quantitative estimate of drug-likeness (QED) is 0.587. The van der Waals surface area contributed by atoms with E-state index < -0.39 is 0 Å². The fourth-order valence-electron chi connectivity index (χ4n) is 4.40. The maximum Gasteiger partial charge on any atom is 0.262 e. The van der Waals surface area contributed by atoms with Crippen LogP contribution in [0.15, 0.2) is 40.8 Å². The highest BCUT2D eigenvalue weighted by molar-refractivity contribution is 7.17. The number of thiophene rings is 1. The molecule has 3 heterocycles. The van der Waals surface area contributed by atoms with Gasteiger partial charge in [-0.25, -0.2) is 4.98 Å². The molecule has 1 fully saturated rings. The lowest BCUT2D eigenvalue weighted by Crippen LogP contribution is -2.46. The van der Waals surface area contributed by atoms with Crippen LogP contribution in [0.2, 0.25) is 0 Å². The van der Waals surface area contributed by atoms with Gasteiger partial charge in [0.05, 0.1) is 11.7 Å². The third kappa shape index (κ3) is 5.10. The Balaban J connectivity index is 1.39. The molecule has 0 radical (unpaired) electrons. The van der Waals surface area contributed by atoms with Crippen molar-refractivity contribution in [1.82, 2.24) is 19.8 Å². The van der Waals surface area contributed by atoms with E-state index in [1.807, 2.05) is 36.6 Å². The molecule has 0 saturated carbocycles. The average Bonchev–Trinajstić information content (AvgIpc) is 3.22. The number of carbonyl (C=O) groups excluding carboxylic acids is 1. The van der Waals surface area contributed by atoms with Crippen molar-refractivity contribution >= 4 is 27.5 Å². The highest BCUT2D eigenvalue weighted by atomic mass is 32.1. The molecule has 0 spiro atoms. The van der Waals surface area contributed by atoms with Crippen LogP contribution in [0.1, 0.15) is 38.7 Å². The number of carbonyl (C=O) groups is 1. The van der Waals surface area contributed by atoms with Crippen LogP contribution in [0.5, 0.6) is 0 Å². The van der Waals surface area contributed by atoms with Gasteiger partial charge in [-0.3, -0.25) is 19.1 Å². The van der Waals surface area contributed by atoms with E-state index in [-0.39, 0.29) is 17.9 Å². The van der Waals surface area contributed by atoms with Crippen molar-refractivity contribution in [3.05, 3.63) is 51.9 Å². The van der Waals surface area contributed by atoms with Gasteiger partial charge in [0.25, 0.3) is 5.56 Å². The van der Waals surface area contributed by atoms with Crippen LogP contribution in [0.3, 0.4) is 0 Å². The van der Waals surface area contributed by atoms with E-state index in [1.165, 1.54) is 29.7 Å². The van der Waals surface area contributed by atoms with Crippen LogP contribution in [0.25, 0.3) is 21.3 Å². The van der Waals surface area contributed by atoms with Crippen molar-refractivity contribution in [2.24, 2.45) is 5.92 Å². The molecule has 32 heavy (non-hydrogen) atoms. The minimum Gasteiger partial charge on any atom is -0.354 e. The minimum absolute atomic E-state index is 0.0296. The van der Waals surface area contributed by atoms with Gasteiger partial charge in [-0.2, -0.15) is 0 Å². The number of fused-ring (bicyclic) bond motifs is 1. The number of benzene rings is 1. The summed E-state index contributed by atoms with van der Waals surface area (Å²) in [6.45, 7) is 9.67. The molecule has 0 bridgehead atoms. The van der Waals surface area contributed by atoms with E-state index in [4.69, 9.17) is 0 Å². The number of nitrogens with zero attached hydrogens (tertiary/aromatic N) is 3. The van der Waals surface area contributed by atoms with Crippen molar-refractivity contribution in [3.63, 3.8) is 0 Å². The van der Waals surface area contributed by atoms with Crippen LogP contribution < -0.4 is 10.9 Å². The van der Waals surface area contributed by atoms with E-state index in [0.717, 1.165) is 35.0 Å². The standard InChI is InChI=1S/C25H32N4O2S/c1-17-6-8-20(9-7-17)21-15-32-24-23(21)25(31)29(16-27-24)12-10-22(30)26-13-19(3)28-11-4-5-18(2)14-28/h6-9,15-16,18-19H,4-5,10-14H2,1-3H3,(H,26,30). The molecule has 1 N–H and O–H groups in total. The zero-order chi connectivity index (χ0) is 22.7. The zero-order valence-electron chi connectivity index (χ0n) is 19.1. The molecule has 1 saturated heterocycles. The highest BCUT2D eigenvalue weighted by Crippen LogP contribution is 2.30. The monoisotopic (exact) mass is 452 g/mol. The van der Waals surface area contributed by atoms with Crippen LogP contribution >= 0.6 is 11.3 Å². The number of amides is 1. The topological polar surface area (TPSA) is 67.2 Å². The number of aromatic nitrogens is 2. The number of nitrogens with one attached hydrogen (secondary N) is 1. The van der Waals surface area contributed by atoms with Crippen molar-refractivity contribution in [3.8, 4) is 11.1 Å². The molecule has 1 aliphatic rings. The van der Waals surface area contributed by atoms with Gasteiger partial charge in [-0.1, -0.05) is 36.8 Å². The summed E-state index contributed by atoms with van der Waals surface area (Å²) >= 11 is 1.48. The molecule has 2 atom stereocenters. The summed E-state index contributed by atoms with van der Waals surface area (Å²) in [4.78, 5) is 33.3. The second-order valence-electron chi connectivity index (χ2n) is 9.08. The minimum atomic E-state index is -0.0877. The first-order valence-electron chi connectivity index (χ1n) is 11.5. The van der Waals surface area contributed by atoms with Gasteiger partial charge in [0, 0.05) is 43.0 Å². The first-order chi connectivity index (χ1) is 15.4. The van der Waals surface area contributed by atoms with Crippen molar-refractivity contribution in [1.29, 1.82) is 0 Å². The normalized spacial score (nSPS) is 18.0. The number of piperidine rings is 1. The van der Waals surface area contributed by atoms with Gasteiger partial charge >= 0.3 is 0 Å². The third-order valence-corrected chi connectivity index (χ3v) is 7.30. The molecular weight excluding hydrogens is 420 g/mol. The van der Waals surface area contributed by atoms with Gasteiger partial charge in [-0.15, -0.1) is 11.3 Å². The Morgan fingerprint density at radius 2 is 2.09 bits per heavy atom. The Bertz CT molecular complexity index is 1140. The van der Waals surface area contributed by atoms with Crippen LogP contribution in [-0.2, 0) is 11.3 Å². The third-order valence-electron chi connectivity index (χ3n) is 6.41. The molecule has 7 heteroatoms. The van der Waals surface area contributed by atoms with Gasteiger partial charge in [-0.05, 0) is 44.7 Å². The summed E-state index contributed by atoms with van der Waals surface area (Å²) in [5, 5.41) is 5.67. The number of hydrogen-bond acceptors (Lipinski definition) is 5. The number of likely N-dealkylation sites (tertiary alicyclic amines) is 1. The maximum atomic E-state index is 13.2. The molecule has 1 aromatic carbocycles. The Kier molecular flexibility index (Phi) is 7.06. The molecular formula is C25H32N4O2S. The summed E-state index contributed by atoms with van der Waals surface area (Å²) in [5.41, 5.74) is 3.01. The molecule has 1 aliphatic heterocycles. The molecule has 170 valence electrons. The molecule has 2 unspecified atom stereocenters. The van der Waals surface area contributed by atoms with Crippen molar-refractivity contribution < 1.29 is 4.79 Å². The van der Waals surface area contributed by atoms with E-state index in [2.05, 4.69) is 29.0 Å². The lowest BCUT2D eigenvalue weighted by Gasteiger charge is -2.35. The van der Waals surface area contributed by atoms with Gasteiger partial charge < -0.3 is 5.32 Å². The fourth-order valence-corrected chi connectivity index (χ4v) is 5.31. The van der Waals surface area contributed by atoms with E-state index in [1.54, 1.807) is 10.9 Å². The van der Waals surface area contributed by atoms with Crippen molar-refractivity contribution in [2.45, 2.75) is 52.6 Å². The first-order valence-corrected chi connectivity index (χ1v) is 12.3. The van der Waals surface area contributed by atoms with Crippen LogP contribution in [0.4, 0.5) is 0 Å². The second kappa shape index (κ2) is 9.96. The van der Waals surface area contributed by atoms with E-state index in [0.29, 0.717) is 24.5 Å². The van der Waals surface area contributed by atoms with Gasteiger partial charge in [0.15, 0.2) is 0 Å². The fraction of sp³-hybridized carbons (Fsp3) is 0.480. The Morgan fingerprint density at radius 1 is 1.31 bits per heavy atom. The largest absolute Gasteiger partial charge is 0.354 e. The summed E-state index contributed by atoms with van der Waals surface area (Å²) in [5.74, 6) is 0.691. The van der Waals surface area contributed by atoms with E-state index in [9.17, 15) is 9.59 Å². The van der Waals surface area contributed by atoms with Gasteiger partial charge in [0.1, 0.15) is 4.83 Å². The lowest BCUT2D eigenvalue weighted by atomic mass is 9.99. The van der Waals surface area contributed by atoms with Crippen LogP contribution in [0, 0.1) is 12.8 Å². The Morgan fingerprint density at radius 3 is 2.84 bits per heavy atom. The summed E-state index contributed by atoms with van der Waals surface area (Å²) in [6.07, 6.45) is 4.34. The highest BCUT2D eigenvalue weighted by Gasteiger charge is 2.21. The predicted molar refractivity (Wildman–Crippen MR) is 131 cm³/mol. The molecule has 3 aromatic rings. The molecule has 6 nitrogen and oxygen atoms in total. The smallest absolute Gasteiger partial charge is 0.262 e. The van der Waals surface area contributed by atoms with E-state index >= 15 is 0 Å². The van der Waals surface area contributed by atoms with Crippen LogP contribution in [-0.4, -0.2) is 46.0 Å². The number of rotatable bonds is 7. The first kappa shape index (κ1) is 22.7. The Labute approximate surface area is 193 Å². The SMILES string of the molecule is Cc1ccc(-c2csc3ncn(CCC(=O)NCC(C)N4CCCC(C)C4)c(=O)c23)cc1. The summed E-state index contributed by atoms with van der Waals surface area (Å²) in [6, 6.07) is 8.48. The summed E-state index contributed by atoms with van der Waals surface area (Å²) < 4.78 is 1.56. The summed E-state index contributed by atoms with van der Waals surface area (Å²) in [7, 11) is 0. The lowest BCUT2D eigenvalue weighted by molar-refractivity contribution is -0.121. The molecule has 4 rings (SSSR count). The predicted octanol–water partition coefficient (Wildman–Crippen LogP) is 4.06. The average molecular weight is 453 g/mol. The van der Waals surface area contributed by atoms with Crippen molar-refractivity contribution in [2.75, 3.05) is 19.6 Å². The Hall–Kier alpha value is -2.51. The van der Waals surface area contributed by atoms with Gasteiger partial charge in [0.2, 0.25) is 5.91 Å².